The van der Waals surface area contributed by atoms with E-state index in [1.165, 1.54) is 0 Å². The molecule has 5 heteroatoms. The highest BCUT2D eigenvalue weighted by molar-refractivity contribution is 5.21. The second-order valence-corrected chi connectivity index (χ2v) is 3.85. The van der Waals surface area contributed by atoms with Crippen LogP contribution in [0.2, 0.25) is 0 Å². The molecular weight excluding hydrogens is 204 g/mol. The van der Waals surface area contributed by atoms with Crippen molar-refractivity contribution in [2.75, 3.05) is 0 Å². The van der Waals surface area contributed by atoms with Crippen molar-refractivity contribution >= 4 is 0 Å². The minimum atomic E-state index is -0.709. The van der Waals surface area contributed by atoms with Gasteiger partial charge in [-0.05, 0) is 18.6 Å². The predicted molar refractivity (Wildman–Crippen MR) is 59.9 cm³/mol. The van der Waals surface area contributed by atoms with E-state index >= 15 is 0 Å². The zero-order valence-electron chi connectivity index (χ0n) is 9.75. The summed E-state index contributed by atoms with van der Waals surface area (Å²) in [5, 5.41) is 18.7. The van der Waals surface area contributed by atoms with E-state index in [9.17, 15) is 5.11 Å². The standard InChI is InChI=1S/C11H16N4O/c1-4-8-7-10(15(3)12-8)11(16)9-5-6-14(2)13-9/h5-7,11,16H,4H2,1-3H3. The van der Waals surface area contributed by atoms with Gasteiger partial charge in [-0.15, -0.1) is 0 Å². The molecule has 1 unspecified atom stereocenters. The van der Waals surface area contributed by atoms with Gasteiger partial charge in [0.2, 0.25) is 0 Å². The fourth-order valence-corrected chi connectivity index (χ4v) is 1.70. The van der Waals surface area contributed by atoms with Crippen LogP contribution in [0.3, 0.4) is 0 Å². The molecule has 2 aromatic rings. The maximum absolute atomic E-state index is 10.2. The Kier molecular flexibility index (Phi) is 2.78. The van der Waals surface area contributed by atoms with Crippen LogP contribution in [0.1, 0.15) is 30.1 Å². The Morgan fingerprint density at radius 2 is 2.12 bits per heavy atom. The lowest BCUT2D eigenvalue weighted by molar-refractivity contribution is 0.204. The average Bonchev–Trinajstić information content (AvgIpc) is 2.83. The summed E-state index contributed by atoms with van der Waals surface area (Å²) in [4.78, 5) is 0. The number of aromatic nitrogens is 4. The number of hydrogen-bond acceptors (Lipinski definition) is 3. The Morgan fingerprint density at radius 1 is 1.38 bits per heavy atom. The fourth-order valence-electron chi connectivity index (χ4n) is 1.70. The first-order chi connectivity index (χ1) is 7.61. The third-order valence-corrected chi connectivity index (χ3v) is 2.62. The van der Waals surface area contributed by atoms with Crippen LogP contribution >= 0.6 is 0 Å². The van der Waals surface area contributed by atoms with Gasteiger partial charge in [-0.2, -0.15) is 10.2 Å². The minimum absolute atomic E-state index is 0.646. The van der Waals surface area contributed by atoms with Crippen molar-refractivity contribution in [3.63, 3.8) is 0 Å². The van der Waals surface area contributed by atoms with Crippen molar-refractivity contribution < 1.29 is 5.11 Å². The Balaban J connectivity index is 2.33. The molecule has 0 radical (unpaired) electrons. The lowest BCUT2D eigenvalue weighted by atomic mass is 10.1. The molecular formula is C11H16N4O. The van der Waals surface area contributed by atoms with Crippen molar-refractivity contribution in [2.45, 2.75) is 19.4 Å². The number of hydrogen-bond donors (Lipinski definition) is 1. The van der Waals surface area contributed by atoms with Crippen molar-refractivity contribution in [3.05, 3.63) is 35.4 Å². The van der Waals surface area contributed by atoms with Gasteiger partial charge in [0.05, 0.1) is 17.1 Å². The summed E-state index contributed by atoms with van der Waals surface area (Å²) in [7, 11) is 3.66. The molecule has 2 rings (SSSR count). The monoisotopic (exact) mass is 220 g/mol. The molecule has 0 aromatic carbocycles. The molecule has 86 valence electrons. The minimum Gasteiger partial charge on any atom is -0.380 e. The maximum atomic E-state index is 10.2. The lowest BCUT2D eigenvalue weighted by Gasteiger charge is -2.07. The maximum Gasteiger partial charge on any atom is 0.139 e. The van der Waals surface area contributed by atoms with Crippen LogP contribution in [0.5, 0.6) is 0 Å². The van der Waals surface area contributed by atoms with E-state index < -0.39 is 6.10 Å². The van der Waals surface area contributed by atoms with E-state index in [-0.39, 0.29) is 0 Å². The van der Waals surface area contributed by atoms with Gasteiger partial charge in [-0.25, -0.2) is 0 Å². The van der Waals surface area contributed by atoms with Gasteiger partial charge >= 0.3 is 0 Å². The second kappa shape index (κ2) is 4.09. The van der Waals surface area contributed by atoms with Crippen LogP contribution in [0.25, 0.3) is 0 Å². The van der Waals surface area contributed by atoms with E-state index in [2.05, 4.69) is 10.2 Å². The van der Waals surface area contributed by atoms with E-state index in [1.807, 2.05) is 39.3 Å². The molecule has 2 heterocycles. The molecule has 1 N–H and O–H groups in total. The quantitative estimate of drug-likeness (QED) is 0.832. The van der Waals surface area contributed by atoms with Crippen LogP contribution in [-0.2, 0) is 20.5 Å². The Morgan fingerprint density at radius 3 is 2.62 bits per heavy atom. The molecule has 1 atom stereocenters. The first-order valence-electron chi connectivity index (χ1n) is 5.32. The molecule has 0 saturated carbocycles. The van der Waals surface area contributed by atoms with Crippen molar-refractivity contribution in [1.82, 2.24) is 19.6 Å². The molecule has 2 aromatic heterocycles. The highest BCUT2D eigenvalue weighted by Crippen LogP contribution is 2.20. The summed E-state index contributed by atoms with van der Waals surface area (Å²) < 4.78 is 3.38. The zero-order valence-corrected chi connectivity index (χ0v) is 9.75. The van der Waals surface area contributed by atoms with E-state index in [1.54, 1.807) is 9.36 Å². The first kappa shape index (κ1) is 10.9. The molecule has 0 spiro atoms. The Labute approximate surface area is 94.3 Å². The number of aryl methyl sites for hydroxylation is 3. The van der Waals surface area contributed by atoms with Crippen LogP contribution in [0, 0.1) is 0 Å². The van der Waals surface area contributed by atoms with Gasteiger partial charge in [-0.3, -0.25) is 9.36 Å². The molecule has 16 heavy (non-hydrogen) atoms. The van der Waals surface area contributed by atoms with Gasteiger partial charge in [-0.1, -0.05) is 6.92 Å². The van der Waals surface area contributed by atoms with Crippen LogP contribution in [0.15, 0.2) is 18.3 Å². The summed E-state index contributed by atoms with van der Waals surface area (Å²) in [5.41, 5.74) is 2.40. The van der Waals surface area contributed by atoms with Gasteiger partial charge < -0.3 is 5.11 Å². The number of rotatable bonds is 3. The van der Waals surface area contributed by atoms with Crippen molar-refractivity contribution in [2.24, 2.45) is 14.1 Å². The van der Waals surface area contributed by atoms with Crippen LogP contribution in [-0.4, -0.2) is 24.7 Å². The van der Waals surface area contributed by atoms with E-state index in [4.69, 9.17) is 0 Å². The number of nitrogens with zero attached hydrogens (tertiary/aromatic N) is 4. The molecule has 0 saturated heterocycles. The highest BCUT2D eigenvalue weighted by Gasteiger charge is 2.17. The second-order valence-electron chi connectivity index (χ2n) is 3.85. The highest BCUT2D eigenvalue weighted by atomic mass is 16.3. The molecule has 0 amide bonds. The molecule has 0 aliphatic rings. The molecule has 0 fully saturated rings. The van der Waals surface area contributed by atoms with E-state index in [0.29, 0.717) is 5.69 Å². The summed E-state index contributed by atoms with van der Waals surface area (Å²) in [6.45, 7) is 2.04. The van der Waals surface area contributed by atoms with Gasteiger partial charge in [0.15, 0.2) is 0 Å². The number of aliphatic hydroxyl groups is 1. The molecule has 0 aliphatic carbocycles. The predicted octanol–water partition coefficient (Wildman–Crippen LogP) is 0.798. The first-order valence-corrected chi connectivity index (χ1v) is 5.32. The third-order valence-electron chi connectivity index (χ3n) is 2.62. The van der Waals surface area contributed by atoms with Crippen molar-refractivity contribution in [1.29, 1.82) is 0 Å². The Bertz CT molecular complexity index is 486. The largest absolute Gasteiger partial charge is 0.380 e. The zero-order chi connectivity index (χ0) is 11.7. The normalized spacial score (nSPS) is 13.0. The van der Waals surface area contributed by atoms with Gasteiger partial charge in [0.25, 0.3) is 0 Å². The summed E-state index contributed by atoms with van der Waals surface area (Å²) in [6, 6.07) is 3.72. The smallest absolute Gasteiger partial charge is 0.139 e. The van der Waals surface area contributed by atoms with E-state index in [0.717, 1.165) is 17.8 Å². The average molecular weight is 220 g/mol. The van der Waals surface area contributed by atoms with Gasteiger partial charge in [0.1, 0.15) is 6.10 Å². The summed E-state index contributed by atoms with van der Waals surface area (Å²) >= 11 is 0. The van der Waals surface area contributed by atoms with Crippen molar-refractivity contribution in [3.8, 4) is 0 Å². The lowest BCUT2D eigenvalue weighted by Crippen LogP contribution is -2.07. The SMILES string of the molecule is CCc1cc(C(O)c2ccn(C)n2)n(C)n1. The topological polar surface area (TPSA) is 55.9 Å². The summed E-state index contributed by atoms with van der Waals surface area (Å²) in [6.07, 6.45) is 1.97. The molecule has 5 nitrogen and oxygen atoms in total. The van der Waals surface area contributed by atoms with Crippen LogP contribution < -0.4 is 0 Å². The number of aliphatic hydroxyl groups excluding tert-OH is 1. The van der Waals surface area contributed by atoms with Gasteiger partial charge in [0, 0.05) is 20.3 Å². The Hall–Kier alpha value is -1.62. The molecule has 0 aliphatic heterocycles. The summed E-state index contributed by atoms with van der Waals surface area (Å²) in [5.74, 6) is 0. The fraction of sp³-hybridized carbons (Fsp3) is 0.455. The van der Waals surface area contributed by atoms with Crippen LogP contribution in [0.4, 0.5) is 0 Å². The third kappa shape index (κ3) is 1.86. The molecule has 0 bridgehead atoms.